The molecule has 0 aromatic rings. The Balaban J connectivity index is 2.39. The summed E-state index contributed by atoms with van der Waals surface area (Å²) in [5.41, 5.74) is 5.42. The second kappa shape index (κ2) is 2.51. The molecule has 0 aliphatic carbocycles. The third-order valence-corrected chi connectivity index (χ3v) is 2.24. The third kappa shape index (κ3) is 1.23. The molecule has 0 radical (unpaired) electrons. The molecular formula is C5H9NOS. The first-order valence-corrected chi connectivity index (χ1v) is 3.82. The Morgan fingerprint density at radius 3 is 2.88 bits per heavy atom. The van der Waals surface area contributed by atoms with Crippen LogP contribution in [0.4, 0.5) is 0 Å². The molecular weight excluding hydrogens is 122 g/mol. The van der Waals surface area contributed by atoms with E-state index in [4.69, 9.17) is 5.73 Å². The van der Waals surface area contributed by atoms with Crippen molar-refractivity contribution in [2.45, 2.75) is 12.5 Å². The van der Waals surface area contributed by atoms with Crippen LogP contribution in [0.3, 0.4) is 0 Å². The van der Waals surface area contributed by atoms with Crippen LogP contribution >= 0.6 is 11.8 Å². The molecule has 0 aromatic carbocycles. The molecule has 1 heterocycles. The van der Waals surface area contributed by atoms with Crippen molar-refractivity contribution >= 4 is 17.5 Å². The Bertz CT molecular complexity index is 105. The lowest BCUT2D eigenvalue weighted by atomic mass is 10.2. The number of nitrogens with two attached hydrogens (primary N) is 1. The van der Waals surface area contributed by atoms with E-state index >= 15 is 0 Å². The quantitative estimate of drug-likeness (QED) is 0.504. The molecule has 1 saturated heterocycles. The molecule has 46 valence electrons. The molecule has 3 heteroatoms. The number of carbonyl (C=O) groups is 1. The normalized spacial score (nSPS) is 30.6. The van der Waals surface area contributed by atoms with Crippen molar-refractivity contribution in [2.75, 3.05) is 11.5 Å². The van der Waals surface area contributed by atoms with Crippen molar-refractivity contribution in [3.63, 3.8) is 0 Å². The lowest BCUT2D eigenvalue weighted by Gasteiger charge is -2.14. The molecule has 0 aromatic heterocycles. The summed E-state index contributed by atoms with van der Waals surface area (Å²) in [6.07, 6.45) is 0.865. The number of carbonyl (C=O) groups excluding carboxylic acids is 1. The number of thioether (sulfide) groups is 1. The van der Waals surface area contributed by atoms with Gasteiger partial charge in [0.2, 0.25) is 0 Å². The summed E-state index contributed by atoms with van der Waals surface area (Å²) >= 11 is 1.68. The summed E-state index contributed by atoms with van der Waals surface area (Å²) in [6.45, 7) is 0. The van der Waals surface area contributed by atoms with E-state index in [9.17, 15) is 4.79 Å². The topological polar surface area (TPSA) is 43.1 Å². The highest BCUT2D eigenvalue weighted by Crippen LogP contribution is 2.11. The summed E-state index contributed by atoms with van der Waals surface area (Å²) in [5, 5.41) is 0. The van der Waals surface area contributed by atoms with E-state index in [0.29, 0.717) is 5.75 Å². The van der Waals surface area contributed by atoms with Gasteiger partial charge in [0.05, 0.1) is 11.8 Å². The van der Waals surface area contributed by atoms with Crippen LogP contribution in [-0.2, 0) is 4.79 Å². The zero-order chi connectivity index (χ0) is 5.98. The predicted octanol–water partition coefficient (Wildman–Crippen LogP) is 0.0197. The van der Waals surface area contributed by atoms with Crippen LogP contribution in [0.15, 0.2) is 0 Å². The molecule has 0 saturated carbocycles. The monoisotopic (exact) mass is 131 g/mol. The Labute approximate surface area is 52.8 Å². The SMILES string of the molecule is NC1CCSCC1=O. The van der Waals surface area contributed by atoms with Gasteiger partial charge in [0, 0.05) is 0 Å². The van der Waals surface area contributed by atoms with Gasteiger partial charge >= 0.3 is 0 Å². The second-order valence-electron chi connectivity index (χ2n) is 1.91. The van der Waals surface area contributed by atoms with Crippen LogP contribution in [0, 0.1) is 0 Å². The molecule has 1 fully saturated rings. The van der Waals surface area contributed by atoms with Gasteiger partial charge in [-0.2, -0.15) is 11.8 Å². The number of hydrogen-bond donors (Lipinski definition) is 1. The van der Waals surface area contributed by atoms with Crippen LogP contribution in [0.25, 0.3) is 0 Å². The summed E-state index contributed by atoms with van der Waals surface area (Å²) in [6, 6.07) is -0.156. The van der Waals surface area contributed by atoms with Crippen molar-refractivity contribution < 1.29 is 4.79 Å². The van der Waals surface area contributed by atoms with Crippen LogP contribution in [0.2, 0.25) is 0 Å². The van der Waals surface area contributed by atoms with Crippen molar-refractivity contribution in [2.24, 2.45) is 5.73 Å². The van der Waals surface area contributed by atoms with Gasteiger partial charge in [-0.1, -0.05) is 0 Å². The molecule has 1 atom stereocenters. The maximum atomic E-state index is 10.6. The van der Waals surface area contributed by atoms with E-state index in [1.165, 1.54) is 0 Å². The van der Waals surface area contributed by atoms with Gasteiger partial charge in [-0.15, -0.1) is 0 Å². The zero-order valence-electron chi connectivity index (χ0n) is 4.59. The van der Waals surface area contributed by atoms with Gasteiger partial charge in [0.15, 0.2) is 5.78 Å². The first-order chi connectivity index (χ1) is 3.80. The minimum absolute atomic E-state index is 0.156. The highest BCUT2D eigenvalue weighted by molar-refractivity contribution is 8.00. The van der Waals surface area contributed by atoms with E-state index in [0.717, 1.165) is 12.2 Å². The standard InChI is InChI=1S/C5H9NOS/c6-4-1-2-8-3-5(4)7/h4H,1-3,6H2. The molecule has 0 spiro atoms. The van der Waals surface area contributed by atoms with Gasteiger partial charge < -0.3 is 5.73 Å². The molecule has 0 amide bonds. The Hall–Kier alpha value is -0.0200. The van der Waals surface area contributed by atoms with Gasteiger partial charge in [-0.25, -0.2) is 0 Å². The fourth-order valence-corrected chi connectivity index (χ4v) is 1.63. The lowest BCUT2D eigenvalue weighted by Crippen LogP contribution is -2.35. The average Bonchev–Trinajstić information content (AvgIpc) is 1.77. The van der Waals surface area contributed by atoms with Crippen molar-refractivity contribution in [1.82, 2.24) is 0 Å². The third-order valence-electron chi connectivity index (χ3n) is 1.23. The number of hydrogen-bond acceptors (Lipinski definition) is 3. The van der Waals surface area contributed by atoms with Crippen LogP contribution < -0.4 is 5.73 Å². The van der Waals surface area contributed by atoms with E-state index in [2.05, 4.69) is 0 Å². The Morgan fingerprint density at radius 2 is 2.50 bits per heavy atom. The first kappa shape index (κ1) is 6.11. The van der Waals surface area contributed by atoms with Gasteiger partial charge in [0.25, 0.3) is 0 Å². The highest BCUT2D eigenvalue weighted by Gasteiger charge is 2.17. The number of rotatable bonds is 0. The first-order valence-electron chi connectivity index (χ1n) is 2.67. The lowest BCUT2D eigenvalue weighted by molar-refractivity contribution is -0.118. The van der Waals surface area contributed by atoms with E-state index in [1.807, 2.05) is 0 Å². The fourth-order valence-electron chi connectivity index (χ4n) is 0.651. The maximum Gasteiger partial charge on any atom is 0.159 e. The van der Waals surface area contributed by atoms with E-state index in [-0.39, 0.29) is 11.8 Å². The van der Waals surface area contributed by atoms with E-state index < -0.39 is 0 Å². The fraction of sp³-hybridized carbons (Fsp3) is 0.800. The number of Topliss-reactive ketones (excluding diaryl/α,β-unsaturated/α-hetero) is 1. The van der Waals surface area contributed by atoms with Gasteiger partial charge in [-0.05, 0) is 12.2 Å². The second-order valence-corrected chi connectivity index (χ2v) is 3.02. The molecule has 8 heavy (non-hydrogen) atoms. The minimum atomic E-state index is -0.156. The largest absolute Gasteiger partial charge is 0.321 e. The van der Waals surface area contributed by atoms with Gasteiger partial charge in [0.1, 0.15) is 0 Å². The van der Waals surface area contributed by atoms with Crippen LogP contribution in [-0.4, -0.2) is 23.3 Å². The molecule has 1 aliphatic rings. The van der Waals surface area contributed by atoms with Crippen molar-refractivity contribution in [1.29, 1.82) is 0 Å². The van der Waals surface area contributed by atoms with Crippen molar-refractivity contribution in [3.05, 3.63) is 0 Å². The maximum absolute atomic E-state index is 10.6. The summed E-state index contributed by atoms with van der Waals surface area (Å²) in [4.78, 5) is 10.6. The van der Waals surface area contributed by atoms with E-state index in [1.54, 1.807) is 11.8 Å². The molecule has 1 unspecified atom stereocenters. The van der Waals surface area contributed by atoms with Gasteiger partial charge in [-0.3, -0.25) is 4.79 Å². The Morgan fingerprint density at radius 1 is 1.75 bits per heavy atom. The molecule has 1 rings (SSSR count). The van der Waals surface area contributed by atoms with Crippen molar-refractivity contribution in [3.8, 4) is 0 Å². The molecule has 2 N–H and O–H groups in total. The van der Waals surface area contributed by atoms with Crippen LogP contribution in [0.1, 0.15) is 6.42 Å². The zero-order valence-corrected chi connectivity index (χ0v) is 5.41. The average molecular weight is 131 g/mol. The molecule has 0 bridgehead atoms. The summed E-state index contributed by atoms with van der Waals surface area (Å²) in [5.74, 6) is 1.88. The molecule has 1 aliphatic heterocycles. The predicted molar refractivity (Wildman–Crippen MR) is 34.9 cm³/mol. The summed E-state index contributed by atoms with van der Waals surface area (Å²) < 4.78 is 0. The minimum Gasteiger partial charge on any atom is -0.321 e. The number of ketones is 1. The Kier molecular flexibility index (Phi) is 1.91. The summed E-state index contributed by atoms with van der Waals surface area (Å²) in [7, 11) is 0. The highest BCUT2D eigenvalue weighted by atomic mass is 32.2. The smallest absolute Gasteiger partial charge is 0.159 e. The molecule has 2 nitrogen and oxygen atoms in total. The van der Waals surface area contributed by atoms with Crippen LogP contribution in [0.5, 0.6) is 0 Å².